The zero-order valence-electron chi connectivity index (χ0n) is 13.0. The average molecular weight is 294 g/mol. The first-order valence-corrected chi connectivity index (χ1v) is 8.71. The van der Waals surface area contributed by atoms with Crippen molar-refractivity contribution in [3.05, 3.63) is 6.92 Å². The van der Waals surface area contributed by atoms with Gasteiger partial charge in [-0.15, -0.1) is 0 Å². The van der Waals surface area contributed by atoms with Gasteiger partial charge in [0, 0.05) is 0 Å². The van der Waals surface area contributed by atoms with Gasteiger partial charge in [0.2, 0.25) is 0 Å². The molecule has 0 aromatic heterocycles. The topological polar surface area (TPSA) is 0 Å². The second kappa shape index (κ2) is 21.9. The van der Waals surface area contributed by atoms with E-state index in [0.717, 1.165) is 6.42 Å². The van der Waals surface area contributed by atoms with Crippen LogP contribution >= 0.6 is 0 Å². The van der Waals surface area contributed by atoms with E-state index in [0.29, 0.717) is 0 Å². The molecule has 0 atom stereocenters. The number of hydrogen-bond donors (Lipinski definition) is 0. The summed E-state index contributed by atoms with van der Waals surface area (Å²) < 4.78 is 0. The van der Waals surface area contributed by atoms with Crippen LogP contribution in [0.1, 0.15) is 110 Å². The van der Waals surface area contributed by atoms with Crippen LogP contribution in [0.25, 0.3) is 0 Å². The standard InChI is InChI=1S/C18H37.K.H/c1-3-5-7-9-11-13-15-17-18-16-14-12-10-8-6-4-2;;/h1,3-18H2,2H3;;. The first-order valence-electron chi connectivity index (χ1n) is 8.71. The number of rotatable bonds is 15. The van der Waals surface area contributed by atoms with E-state index >= 15 is 0 Å². The third kappa shape index (κ3) is 22.1. The van der Waals surface area contributed by atoms with Crippen molar-refractivity contribution in [3.8, 4) is 0 Å². The normalized spacial score (nSPS) is 10.4. The van der Waals surface area contributed by atoms with Crippen LogP contribution < -0.4 is 0 Å². The molecule has 0 spiro atoms. The van der Waals surface area contributed by atoms with Crippen LogP contribution in [-0.4, -0.2) is 51.4 Å². The molecule has 0 aliphatic heterocycles. The van der Waals surface area contributed by atoms with E-state index in [1.54, 1.807) is 0 Å². The Labute approximate surface area is 166 Å². The predicted octanol–water partition coefficient (Wildman–Crippen LogP) is 6.43. The third-order valence-electron chi connectivity index (χ3n) is 3.85. The van der Waals surface area contributed by atoms with E-state index in [9.17, 15) is 0 Å². The molecule has 1 heteroatoms. The minimum atomic E-state index is 0. The van der Waals surface area contributed by atoms with Crippen LogP contribution in [-0.2, 0) is 0 Å². The van der Waals surface area contributed by atoms with Gasteiger partial charge in [-0.1, -0.05) is 117 Å². The minimum absolute atomic E-state index is 0. The molecule has 0 amide bonds. The fourth-order valence-electron chi connectivity index (χ4n) is 2.55. The fourth-order valence-corrected chi connectivity index (χ4v) is 2.55. The van der Waals surface area contributed by atoms with Crippen molar-refractivity contribution in [2.24, 2.45) is 0 Å². The molecule has 0 unspecified atom stereocenters. The van der Waals surface area contributed by atoms with Gasteiger partial charge in [0.25, 0.3) is 0 Å². The third-order valence-corrected chi connectivity index (χ3v) is 3.85. The molecule has 0 heterocycles. The Morgan fingerprint density at radius 1 is 0.474 bits per heavy atom. The molecule has 0 fully saturated rings. The van der Waals surface area contributed by atoms with Crippen LogP contribution in [0, 0.1) is 6.92 Å². The summed E-state index contributed by atoms with van der Waals surface area (Å²) in [5, 5.41) is 0. The Bertz CT molecular complexity index is 118. The zero-order valence-corrected chi connectivity index (χ0v) is 13.0. The summed E-state index contributed by atoms with van der Waals surface area (Å²) in [7, 11) is 0. The van der Waals surface area contributed by atoms with Gasteiger partial charge in [-0.3, -0.25) is 0 Å². The monoisotopic (exact) mass is 293 g/mol. The Kier molecular flexibility index (Phi) is 26.4. The Morgan fingerprint density at radius 3 is 1.00 bits per heavy atom. The van der Waals surface area contributed by atoms with Gasteiger partial charge in [-0.2, -0.15) is 0 Å². The van der Waals surface area contributed by atoms with E-state index in [-0.39, 0.29) is 51.4 Å². The van der Waals surface area contributed by atoms with Crippen molar-refractivity contribution in [1.82, 2.24) is 0 Å². The van der Waals surface area contributed by atoms with E-state index in [2.05, 4.69) is 13.8 Å². The molecule has 111 valence electrons. The van der Waals surface area contributed by atoms with Gasteiger partial charge in [-0.05, 0) is 0 Å². The summed E-state index contributed by atoms with van der Waals surface area (Å²) in [5.74, 6) is 0. The van der Waals surface area contributed by atoms with Crippen LogP contribution in [0.15, 0.2) is 0 Å². The molecule has 0 nitrogen and oxygen atoms in total. The SMILES string of the molecule is [CH2]CCCCCCCCCCCCCCCCC.[KH]. The molecule has 0 saturated heterocycles. The van der Waals surface area contributed by atoms with Crippen LogP contribution in [0.4, 0.5) is 0 Å². The van der Waals surface area contributed by atoms with Gasteiger partial charge in [0.05, 0.1) is 0 Å². The van der Waals surface area contributed by atoms with Crippen LogP contribution in [0.5, 0.6) is 0 Å². The van der Waals surface area contributed by atoms with Gasteiger partial charge in [0.1, 0.15) is 0 Å². The first-order chi connectivity index (χ1) is 8.91. The van der Waals surface area contributed by atoms with E-state index in [1.807, 2.05) is 0 Å². The molecule has 0 rings (SSSR count). The van der Waals surface area contributed by atoms with Crippen molar-refractivity contribution in [3.63, 3.8) is 0 Å². The predicted molar refractivity (Wildman–Crippen MR) is 92.1 cm³/mol. The Balaban J connectivity index is 0. The molecule has 1 radical (unpaired) electrons. The van der Waals surface area contributed by atoms with Crippen LogP contribution in [0.3, 0.4) is 0 Å². The Hall–Kier alpha value is 1.64. The van der Waals surface area contributed by atoms with Gasteiger partial charge < -0.3 is 0 Å². The summed E-state index contributed by atoms with van der Waals surface area (Å²) in [6.45, 7) is 6.18. The summed E-state index contributed by atoms with van der Waals surface area (Å²) in [4.78, 5) is 0. The summed E-state index contributed by atoms with van der Waals surface area (Å²) in [6, 6.07) is 0. The van der Waals surface area contributed by atoms with Crippen LogP contribution in [0.2, 0.25) is 0 Å². The quantitative estimate of drug-likeness (QED) is 0.241. The van der Waals surface area contributed by atoms with Gasteiger partial charge in [0.15, 0.2) is 0 Å². The van der Waals surface area contributed by atoms with E-state index in [1.165, 1.54) is 96.3 Å². The first kappa shape index (κ1) is 22.9. The molecule has 0 aromatic carbocycles. The van der Waals surface area contributed by atoms with Crippen molar-refractivity contribution < 1.29 is 0 Å². The zero-order chi connectivity index (χ0) is 13.3. The van der Waals surface area contributed by atoms with Gasteiger partial charge >= 0.3 is 51.4 Å². The summed E-state index contributed by atoms with van der Waals surface area (Å²) in [5.41, 5.74) is 0. The molecule has 0 saturated carbocycles. The van der Waals surface area contributed by atoms with Crippen molar-refractivity contribution in [2.45, 2.75) is 110 Å². The second-order valence-electron chi connectivity index (χ2n) is 5.80. The van der Waals surface area contributed by atoms with Gasteiger partial charge in [-0.25, -0.2) is 0 Å². The number of unbranched alkanes of at least 4 members (excludes halogenated alkanes) is 15. The van der Waals surface area contributed by atoms with E-state index in [4.69, 9.17) is 0 Å². The molecular weight excluding hydrogens is 255 g/mol. The fraction of sp³-hybridized carbons (Fsp3) is 0.944. The molecule has 19 heavy (non-hydrogen) atoms. The second-order valence-corrected chi connectivity index (χ2v) is 5.80. The van der Waals surface area contributed by atoms with Crippen molar-refractivity contribution in [2.75, 3.05) is 0 Å². The summed E-state index contributed by atoms with van der Waals surface area (Å²) >= 11 is 0. The average Bonchev–Trinajstić information content (AvgIpc) is 2.39. The number of hydrogen-bond acceptors (Lipinski definition) is 0. The molecule has 0 N–H and O–H groups in total. The molecule has 0 aliphatic carbocycles. The molecular formula is C18H38K. The molecule has 0 aromatic rings. The molecule has 0 aliphatic rings. The molecule has 0 bridgehead atoms. The Morgan fingerprint density at radius 2 is 0.737 bits per heavy atom. The maximum atomic E-state index is 3.88. The maximum absolute atomic E-state index is 3.88. The van der Waals surface area contributed by atoms with E-state index < -0.39 is 0 Å². The summed E-state index contributed by atoms with van der Waals surface area (Å²) in [6.07, 6.45) is 22.8. The van der Waals surface area contributed by atoms with Crippen molar-refractivity contribution >= 4 is 51.4 Å². The van der Waals surface area contributed by atoms with Crippen molar-refractivity contribution in [1.29, 1.82) is 0 Å².